The quantitative estimate of drug-likeness (QED) is 0.501. The molecular weight excluding hydrogens is 212 g/mol. The maximum atomic E-state index is 3.70. The summed E-state index contributed by atoms with van der Waals surface area (Å²) in [5, 5.41) is 0. The summed E-state index contributed by atoms with van der Waals surface area (Å²) >= 11 is 0.203. The summed E-state index contributed by atoms with van der Waals surface area (Å²) in [6.07, 6.45) is 2.04. The van der Waals surface area contributed by atoms with Crippen LogP contribution in [0.2, 0.25) is 7.93 Å². The van der Waals surface area contributed by atoms with E-state index < -0.39 is 0 Å². The molecule has 0 aromatic heterocycles. The van der Waals surface area contributed by atoms with Crippen molar-refractivity contribution in [2.45, 2.75) is 28.7 Å². The normalized spacial score (nSPS) is 11.4. The average Bonchev–Trinajstić information content (AvgIpc) is 1.59. The van der Waals surface area contributed by atoms with Gasteiger partial charge in [-0.15, -0.1) is 0 Å². The zero-order chi connectivity index (χ0) is 6.62. The van der Waals surface area contributed by atoms with Crippen molar-refractivity contribution in [3.05, 3.63) is 12.7 Å². The van der Waals surface area contributed by atoms with Crippen LogP contribution in [0.1, 0.15) is 20.8 Å². The van der Waals surface area contributed by atoms with Crippen LogP contribution in [0, 0.1) is 0 Å². The standard InChI is InChI=1S/C7H14Te/c1-5-6-8-7(2,3)4/h5H,1,6H2,2-4H3. The fourth-order valence-corrected chi connectivity index (χ4v) is 2.07. The molecule has 0 fully saturated rings. The van der Waals surface area contributed by atoms with Crippen LogP contribution in [0.25, 0.3) is 0 Å². The minimum absolute atomic E-state index is 0.203. The molecule has 0 radical (unpaired) electrons. The Balaban J connectivity index is 3.24. The van der Waals surface area contributed by atoms with Crippen LogP contribution < -0.4 is 0 Å². The van der Waals surface area contributed by atoms with Gasteiger partial charge in [0.2, 0.25) is 0 Å². The Morgan fingerprint density at radius 3 is 2.12 bits per heavy atom. The van der Waals surface area contributed by atoms with Gasteiger partial charge in [0.05, 0.1) is 0 Å². The Kier molecular flexibility index (Phi) is 3.77. The van der Waals surface area contributed by atoms with Gasteiger partial charge in [0.25, 0.3) is 0 Å². The molecule has 0 unspecified atom stereocenters. The first-order valence-corrected chi connectivity index (χ1v) is 5.62. The third kappa shape index (κ3) is 6.53. The molecule has 0 heterocycles. The maximum absolute atomic E-state index is 3.70. The molecule has 0 atom stereocenters. The monoisotopic (exact) mass is 228 g/mol. The van der Waals surface area contributed by atoms with Gasteiger partial charge in [-0.3, -0.25) is 0 Å². The van der Waals surface area contributed by atoms with Crippen LogP contribution in [0.5, 0.6) is 0 Å². The summed E-state index contributed by atoms with van der Waals surface area (Å²) in [4.78, 5) is 0. The first-order valence-electron chi connectivity index (χ1n) is 2.81. The van der Waals surface area contributed by atoms with E-state index in [-0.39, 0.29) is 20.9 Å². The Morgan fingerprint density at radius 1 is 1.50 bits per heavy atom. The van der Waals surface area contributed by atoms with Crippen molar-refractivity contribution < 1.29 is 0 Å². The van der Waals surface area contributed by atoms with E-state index in [1.165, 1.54) is 4.47 Å². The van der Waals surface area contributed by atoms with E-state index >= 15 is 0 Å². The molecule has 0 spiro atoms. The van der Waals surface area contributed by atoms with Crippen molar-refractivity contribution in [1.29, 1.82) is 0 Å². The van der Waals surface area contributed by atoms with Crippen molar-refractivity contribution in [3.63, 3.8) is 0 Å². The summed E-state index contributed by atoms with van der Waals surface area (Å²) in [5.41, 5.74) is 0. The molecule has 0 bridgehead atoms. The number of hydrogen-bond acceptors (Lipinski definition) is 0. The number of allylic oxidation sites excluding steroid dienone is 1. The summed E-state index contributed by atoms with van der Waals surface area (Å²) in [5.74, 6) is 0. The van der Waals surface area contributed by atoms with E-state index in [9.17, 15) is 0 Å². The van der Waals surface area contributed by atoms with Crippen LogP contribution in [0.3, 0.4) is 0 Å². The Hall–Kier alpha value is 0.530. The van der Waals surface area contributed by atoms with Crippen LogP contribution in [-0.2, 0) is 0 Å². The topological polar surface area (TPSA) is 0 Å². The Bertz CT molecular complexity index is 68.9. The second-order valence-electron chi connectivity index (χ2n) is 2.71. The van der Waals surface area contributed by atoms with E-state index in [1.54, 1.807) is 0 Å². The molecule has 0 saturated carbocycles. The fraction of sp³-hybridized carbons (Fsp3) is 0.714. The molecule has 0 aliphatic carbocycles. The average molecular weight is 226 g/mol. The first kappa shape index (κ1) is 8.53. The Morgan fingerprint density at radius 2 is 2.00 bits per heavy atom. The van der Waals surface area contributed by atoms with E-state index in [0.717, 1.165) is 0 Å². The molecule has 0 aromatic rings. The molecule has 0 nitrogen and oxygen atoms in total. The van der Waals surface area contributed by atoms with Gasteiger partial charge >= 0.3 is 62.3 Å². The van der Waals surface area contributed by atoms with Crippen LogP contribution in [0.15, 0.2) is 12.7 Å². The van der Waals surface area contributed by atoms with E-state index in [0.29, 0.717) is 3.46 Å². The summed E-state index contributed by atoms with van der Waals surface area (Å²) in [6, 6.07) is 0. The molecule has 0 aliphatic heterocycles. The summed E-state index contributed by atoms with van der Waals surface area (Å²) in [6.45, 7) is 10.6. The number of hydrogen-bond donors (Lipinski definition) is 0. The van der Waals surface area contributed by atoms with E-state index in [2.05, 4.69) is 27.4 Å². The molecule has 48 valence electrons. The van der Waals surface area contributed by atoms with Gasteiger partial charge in [-0.2, -0.15) is 0 Å². The third-order valence-electron chi connectivity index (χ3n) is 0.634. The number of rotatable bonds is 2. The Labute approximate surface area is 62.4 Å². The van der Waals surface area contributed by atoms with Crippen molar-refractivity contribution in [2.75, 3.05) is 0 Å². The van der Waals surface area contributed by atoms with Gasteiger partial charge in [-0.1, -0.05) is 0 Å². The van der Waals surface area contributed by atoms with Crippen LogP contribution >= 0.6 is 0 Å². The van der Waals surface area contributed by atoms with Crippen molar-refractivity contribution in [1.82, 2.24) is 0 Å². The second-order valence-corrected chi connectivity index (χ2v) is 7.98. The molecule has 1 heteroatoms. The molecule has 0 aliphatic rings. The summed E-state index contributed by atoms with van der Waals surface area (Å²) in [7, 11) is 0. The van der Waals surface area contributed by atoms with Gasteiger partial charge in [0, 0.05) is 0 Å². The van der Waals surface area contributed by atoms with Gasteiger partial charge < -0.3 is 0 Å². The molecular formula is C7H14Te. The second kappa shape index (κ2) is 3.54. The SMILES string of the molecule is C=CC[Te]C(C)(C)C. The third-order valence-corrected chi connectivity index (χ3v) is 4.25. The first-order chi connectivity index (χ1) is 3.56. The molecule has 0 rings (SSSR count). The van der Waals surface area contributed by atoms with E-state index in [1.807, 2.05) is 6.08 Å². The predicted octanol–water partition coefficient (Wildman–Crippen LogP) is 2.51. The molecule has 0 amide bonds. The molecule has 0 N–H and O–H groups in total. The van der Waals surface area contributed by atoms with Gasteiger partial charge in [-0.05, 0) is 0 Å². The zero-order valence-electron chi connectivity index (χ0n) is 5.90. The molecule has 0 saturated heterocycles. The molecule has 8 heavy (non-hydrogen) atoms. The minimum atomic E-state index is 0.203. The van der Waals surface area contributed by atoms with Gasteiger partial charge in [0.1, 0.15) is 0 Å². The van der Waals surface area contributed by atoms with Crippen LogP contribution in [0.4, 0.5) is 0 Å². The predicted molar refractivity (Wildman–Crippen MR) is 40.5 cm³/mol. The van der Waals surface area contributed by atoms with E-state index in [4.69, 9.17) is 0 Å². The van der Waals surface area contributed by atoms with Crippen molar-refractivity contribution in [3.8, 4) is 0 Å². The van der Waals surface area contributed by atoms with Crippen molar-refractivity contribution in [2.24, 2.45) is 0 Å². The summed E-state index contributed by atoms with van der Waals surface area (Å²) < 4.78 is 1.88. The van der Waals surface area contributed by atoms with Crippen molar-refractivity contribution >= 4 is 20.9 Å². The van der Waals surface area contributed by atoms with Gasteiger partial charge in [-0.25, -0.2) is 0 Å². The zero-order valence-corrected chi connectivity index (χ0v) is 8.23. The molecule has 0 aromatic carbocycles. The van der Waals surface area contributed by atoms with Gasteiger partial charge in [0.15, 0.2) is 0 Å². The van der Waals surface area contributed by atoms with Crippen LogP contribution in [-0.4, -0.2) is 20.9 Å². The fourth-order valence-electron chi connectivity index (χ4n) is 0.309.